The first-order valence-corrected chi connectivity index (χ1v) is 9.89. The molecule has 0 bridgehead atoms. The van der Waals surface area contributed by atoms with Gasteiger partial charge in [0.25, 0.3) is 5.91 Å². The van der Waals surface area contributed by atoms with Crippen molar-refractivity contribution in [3.8, 4) is 0 Å². The second-order valence-corrected chi connectivity index (χ2v) is 7.24. The number of hydrogen-bond acceptors (Lipinski definition) is 5. The number of piperidine rings is 1. The van der Waals surface area contributed by atoms with Crippen molar-refractivity contribution in [2.45, 2.75) is 26.2 Å². The maximum absolute atomic E-state index is 13.1. The fourth-order valence-electron chi connectivity index (χ4n) is 3.37. The Hall–Kier alpha value is -3.61. The minimum absolute atomic E-state index is 0.277. The van der Waals surface area contributed by atoms with Crippen molar-refractivity contribution in [3.05, 3.63) is 65.7 Å². The summed E-state index contributed by atoms with van der Waals surface area (Å²) in [5.41, 5.74) is 3.43. The number of aryl methyl sites for hydroxylation is 1. The number of carbonyl (C=O) groups is 3. The lowest BCUT2D eigenvalue weighted by Gasteiger charge is -2.30. The van der Waals surface area contributed by atoms with Gasteiger partial charge in [-0.3, -0.25) is 9.59 Å². The van der Waals surface area contributed by atoms with Gasteiger partial charge in [0.05, 0.1) is 11.5 Å². The third-order valence-electron chi connectivity index (χ3n) is 4.89. The van der Waals surface area contributed by atoms with Gasteiger partial charge < -0.3 is 25.4 Å². The number of carbonyl (C=O) groups excluding carboxylic acids is 3. The predicted molar refractivity (Wildman–Crippen MR) is 114 cm³/mol. The van der Waals surface area contributed by atoms with Gasteiger partial charge in [-0.2, -0.15) is 0 Å². The van der Waals surface area contributed by atoms with Crippen LogP contribution < -0.4 is 20.6 Å². The number of nitrogens with zero attached hydrogens (tertiary/aromatic N) is 1. The zero-order valence-electron chi connectivity index (χ0n) is 16.8. The quantitative estimate of drug-likeness (QED) is 0.718. The molecule has 0 aliphatic carbocycles. The molecule has 1 fully saturated rings. The summed E-state index contributed by atoms with van der Waals surface area (Å²) in [5.74, 6) is -2.35. The van der Waals surface area contributed by atoms with Crippen molar-refractivity contribution < 1.29 is 19.5 Å². The molecule has 0 spiro atoms. The van der Waals surface area contributed by atoms with Crippen LogP contribution >= 0.6 is 0 Å². The Bertz CT molecular complexity index is 961. The van der Waals surface area contributed by atoms with E-state index in [1.807, 2.05) is 37.3 Å². The summed E-state index contributed by atoms with van der Waals surface area (Å²) < 4.78 is 0. The summed E-state index contributed by atoms with van der Waals surface area (Å²) in [7, 11) is 0. The fourth-order valence-corrected chi connectivity index (χ4v) is 3.37. The van der Waals surface area contributed by atoms with Gasteiger partial charge in [-0.25, -0.2) is 0 Å². The van der Waals surface area contributed by atoms with Gasteiger partial charge in [0.1, 0.15) is 0 Å². The molecule has 2 aromatic rings. The van der Waals surface area contributed by atoms with Crippen LogP contribution in [0.15, 0.2) is 54.6 Å². The maximum atomic E-state index is 13.1. The second kappa shape index (κ2) is 9.73. The average molecular weight is 406 g/mol. The molecule has 7 nitrogen and oxygen atoms in total. The molecule has 1 heterocycles. The first kappa shape index (κ1) is 21.1. The van der Waals surface area contributed by atoms with Gasteiger partial charge in [0.15, 0.2) is 0 Å². The number of anilines is 3. The van der Waals surface area contributed by atoms with Gasteiger partial charge in [-0.1, -0.05) is 17.7 Å². The van der Waals surface area contributed by atoms with Crippen molar-refractivity contribution in [3.63, 3.8) is 0 Å². The van der Waals surface area contributed by atoms with Crippen molar-refractivity contribution >= 4 is 34.8 Å². The molecule has 7 heteroatoms. The summed E-state index contributed by atoms with van der Waals surface area (Å²) >= 11 is 0. The van der Waals surface area contributed by atoms with Crippen molar-refractivity contribution in [2.24, 2.45) is 0 Å². The van der Waals surface area contributed by atoms with E-state index in [9.17, 15) is 19.5 Å². The third-order valence-corrected chi connectivity index (χ3v) is 4.89. The average Bonchev–Trinajstić information content (AvgIpc) is 2.74. The van der Waals surface area contributed by atoms with Crippen LogP contribution in [0.25, 0.3) is 0 Å². The molecular formula is C23H24N3O4-. The topological polar surface area (TPSA) is 102 Å². The highest BCUT2D eigenvalue weighted by atomic mass is 16.4. The SMILES string of the molecule is Cc1ccc(NC(=O)c2cc(NC(=O)C=CC(=O)[O-])ccc2N2CCCCC2)cc1. The maximum Gasteiger partial charge on any atom is 0.257 e. The van der Waals surface area contributed by atoms with E-state index in [0.29, 0.717) is 23.0 Å². The number of carboxylic acids is 1. The lowest BCUT2D eigenvalue weighted by molar-refractivity contribution is -0.297. The molecule has 0 radical (unpaired) electrons. The highest BCUT2D eigenvalue weighted by Crippen LogP contribution is 2.28. The number of nitrogens with one attached hydrogen (secondary N) is 2. The number of benzene rings is 2. The molecule has 2 aromatic carbocycles. The fraction of sp³-hybridized carbons (Fsp3) is 0.261. The summed E-state index contributed by atoms with van der Waals surface area (Å²) in [6.45, 7) is 3.71. The Morgan fingerprint density at radius 2 is 1.57 bits per heavy atom. The molecule has 1 saturated heterocycles. The van der Waals surface area contributed by atoms with Crippen molar-refractivity contribution in [1.82, 2.24) is 0 Å². The Labute approximate surface area is 175 Å². The van der Waals surface area contributed by atoms with E-state index in [1.54, 1.807) is 12.1 Å². The molecule has 2 amide bonds. The van der Waals surface area contributed by atoms with Crippen LogP contribution in [0.5, 0.6) is 0 Å². The Balaban J connectivity index is 1.87. The van der Waals surface area contributed by atoms with E-state index in [2.05, 4.69) is 15.5 Å². The Morgan fingerprint density at radius 3 is 2.23 bits per heavy atom. The van der Waals surface area contributed by atoms with Crippen LogP contribution in [-0.2, 0) is 9.59 Å². The molecule has 2 N–H and O–H groups in total. The summed E-state index contributed by atoms with van der Waals surface area (Å²) in [6.07, 6.45) is 4.82. The highest BCUT2D eigenvalue weighted by Gasteiger charge is 2.20. The minimum Gasteiger partial charge on any atom is -0.545 e. The van der Waals surface area contributed by atoms with Crippen molar-refractivity contribution in [2.75, 3.05) is 28.6 Å². The van der Waals surface area contributed by atoms with E-state index in [1.165, 1.54) is 6.42 Å². The van der Waals surface area contributed by atoms with Gasteiger partial charge in [-0.15, -0.1) is 0 Å². The van der Waals surface area contributed by atoms with E-state index in [4.69, 9.17) is 0 Å². The minimum atomic E-state index is -1.45. The molecule has 30 heavy (non-hydrogen) atoms. The van der Waals surface area contributed by atoms with E-state index < -0.39 is 11.9 Å². The normalized spacial score (nSPS) is 13.8. The Morgan fingerprint density at radius 1 is 0.900 bits per heavy atom. The highest BCUT2D eigenvalue weighted by molar-refractivity contribution is 6.10. The first-order valence-electron chi connectivity index (χ1n) is 9.89. The van der Waals surface area contributed by atoms with Crippen LogP contribution in [0.2, 0.25) is 0 Å². The third kappa shape index (κ3) is 5.70. The molecule has 1 aliphatic heterocycles. The van der Waals surface area contributed by atoms with Crippen LogP contribution in [0.1, 0.15) is 35.2 Å². The molecule has 0 atom stereocenters. The van der Waals surface area contributed by atoms with Crippen molar-refractivity contribution in [1.29, 1.82) is 0 Å². The largest absolute Gasteiger partial charge is 0.545 e. The van der Waals surface area contributed by atoms with Crippen LogP contribution in [0.3, 0.4) is 0 Å². The molecular weight excluding hydrogens is 382 g/mol. The summed E-state index contributed by atoms with van der Waals surface area (Å²) in [5, 5.41) is 16.0. The van der Waals surface area contributed by atoms with E-state index >= 15 is 0 Å². The lowest BCUT2D eigenvalue weighted by Crippen LogP contribution is -2.31. The van der Waals surface area contributed by atoms with Crippen LogP contribution in [0, 0.1) is 6.92 Å². The number of carboxylic acid groups (broad SMARTS) is 1. The van der Waals surface area contributed by atoms with E-state index in [0.717, 1.165) is 43.3 Å². The number of amides is 2. The number of aliphatic carboxylic acids is 1. The summed E-state index contributed by atoms with van der Waals surface area (Å²) in [4.78, 5) is 37.6. The zero-order chi connectivity index (χ0) is 21.5. The smallest absolute Gasteiger partial charge is 0.257 e. The zero-order valence-corrected chi connectivity index (χ0v) is 16.8. The van der Waals surface area contributed by atoms with Crippen LogP contribution in [-0.4, -0.2) is 30.9 Å². The monoisotopic (exact) mass is 406 g/mol. The molecule has 0 saturated carbocycles. The summed E-state index contributed by atoms with van der Waals surface area (Å²) in [6, 6.07) is 12.6. The molecule has 156 valence electrons. The Kier molecular flexibility index (Phi) is 6.85. The number of rotatable bonds is 6. The molecule has 1 aliphatic rings. The first-order chi connectivity index (χ1) is 14.4. The van der Waals surface area contributed by atoms with Gasteiger partial charge >= 0.3 is 0 Å². The lowest BCUT2D eigenvalue weighted by atomic mass is 10.1. The standard InChI is InChI=1S/C23H25N3O4/c1-16-5-7-17(8-6-16)25-23(30)19-15-18(24-21(27)11-12-22(28)29)9-10-20(19)26-13-3-2-4-14-26/h5-12,15H,2-4,13-14H2,1H3,(H,24,27)(H,25,30)(H,28,29)/p-1. The van der Waals surface area contributed by atoms with Gasteiger partial charge in [-0.05, 0) is 62.6 Å². The molecule has 0 unspecified atom stereocenters. The van der Waals surface area contributed by atoms with Gasteiger partial charge in [0, 0.05) is 36.2 Å². The molecule has 3 rings (SSSR count). The number of hydrogen-bond donors (Lipinski definition) is 2. The van der Waals surface area contributed by atoms with Gasteiger partial charge in [0.2, 0.25) is 5.91 Å². The molecule has 0 aromatic heterocycles. The second-order valence-electron chi connectivity index (χ2n) is 7.24. The predicted octanol–water partition coefficient (Wildman–Crippen LogP) is 2.48. The van der Waals surface area contributed by atoms with Crippen LogP contribution in [0.4, 0.5) is 17.1 Å². The van der Waals surface area contributed by atoms with E-state index in [-0.39, 0.29) is 5.91 Å².